The minimum absolute atomic E-state index is 0. The summed E-state index contributed by atoms with van der Waals surface area (Å²) in [4.78, 5) is 16.4. The Bertz CT molecular complexity index is 521. The molecule has 3 N–H and O–H groups in total. The van der Waals surface area contributed by atoms with E-state index < -0.39 is 0 Å². The quantitative estimate of drug-likeness (QED) is 0.135. The van der Waals surface area contributed by atoms with Crippen LogP contribution in [0.25, 0.3) is 0 Å². The topological polar surface area (TPSA) is 93.2 Å². The third kappa shape index (κ3) is 7.12. The van der Waals surface area contributed by atoms with Crippen LogP contribution in [0.4, 0.5) is 17.6 Å². The maximum atomic E-state index is 4.38. The zero-order chi connectivity index (χ0) is 14.0. The Morgan fingerprint density at radius 1 is 1.10 bits per heavy atom. The molecule has 109 valence electrons. The van der Waals surface area contributed by atoms with Gasteiger partial charge in [-0.3, -0.25) is 0 Å². The van der Waals surface area contributed by atoms with E-state index in [1.807, 2.05) is 30.3 Å². The molecular formula is C11H13N6O2SY-. The van der Waals surface area contributed by atoms with Gasteiger partial charge in [0.15, 0.2) is 0 Å². The molecule has 2 rings (SSSR count). The van der Waals surface area contributed by atoms with Gasteiger partial charge in [0.1, 0.15) is 11.9 Å². The summed E-state index contributed by atoms with van der Waals surface area (Å²) in [6, 6.07) is 9.59. The van der Waals surface area contributed by atoms with Crippen molar-refractivity contribution in [3.63, 3.8) is 0 Å². The van der Waals surface area contributed by atoms with E-state index in [9.17, 15) is 0 Å². The number of hydrogen-bond donors (Lipinski definition) is 4. The number of hydroxylamine groups is 1. The van der Waals surface area contributed by atoms with Crippen LogP contribution in [0.15, 0.2) is 30.3 Å². The van der Waals surface area contributed by atoms with E-state index in [2.05, 4.69) is 59.6 Å². The number of para-hydroxylation sites is 1. The molecule has 0 fully saturated rings. The van der Waals surface area contributed by atoms with Crippen molar-refractivity contribution >= 4 is 30.5 Å². The van der Waals surface area contributed by atoms with Crippen molar-refractivity contribution in [2.24, 2.45) is 0 Å². The van der Waals surface area contributed by atoms with Gasteiger partial charge in [0.25, 0.3) is 0 Å². The van der Waals surface area contributed by atoms with Crippen LogP contribution in [0.2, 0.25) is 0 Å². The number of aromatic nitrogens is 3. The second-order valence-electron chi connectivity index (χ2n) is 3.55. The minimum Gasteiger partial charge on any atom is -0.405 e. The maximum Gasteiger partial charge on any atom is 0.115 e. The third-order valence-corrected chi connectivity index (χ3v) is 2.23. The Morgan fingerprint density at radius 2 is 1.86 bits per heavy atom. The second-order valence-corrected chi connectivity index (χ2v) is 3.70. The molecule has 0 aliphatic carbocycles. The van der Waals surface area contributed by atoms with Crippen LogP contribution in [0.3, 0.4) is 0 Å². The number of benzene rings is 1. The van der Waals surface area contributed by atoms with Gasteiger partial charge < -0.3 is 25.6 Å². The van der Waals surface area contributed by atoms with E-state index >= 15 is 0 Å². The van der Waals surface area contributed by atoms with E-state index in [1.54, 1.807) is 0 Å². The van der Waals surface area contributed by atoms with Crippen LogP contribution < -0.4 is 16.1 Å². The summed E-state index contributed by atoms with van der Waals surface area (Å²) in [7, 11) is 0. The van der Waals surface area contributed by atoms with Crippen molar-refractivity contribution in [1.29, 1.82) is 0 Å². The van der Waals surface area contributed by atoms with Gasteiger partial charge >= 0.3 is 0 Å². The van der Waals surface area contributed by atoms with E-state index in [0.717, 1.165) is 5.69 Å². The monoisotopic (exact) mass is 382 g/mol. The normalized spacial score (nSPS) is 9.76. The molecule has 0 saturated heterocycles. The molecule has 0 unspecified atom stereocenters. The summed E-state index contributed by atoms with van der Waals surface area (Å²) >= 11 is 3.40. The summed E-state index contributed by atoms with van der Waals surface area (Å²) in [6.45, 7) is 1.01. The molecule has 0 atom stereocenters. The van der Waals surface area contributed by atoms with Crippen LogP contribution in [0.1, 0.15) is 0 Å². The zero-order valence-corrected chi connectivity index (χ0v) is 14.7. The zero-order valence-electron chi connectivity index (χ0n) is 11.0. The number of hydrogen-bond acceptors (Lipinski definition) is 9. The predicted molar refractivity (Wildman–Crippen MR) is 76.0 cm³/mol. The average molecular weight is 382 g/mol. The molecular weight excluding hydrogens is 369 g/mol. The minimum atomic E-state index is 0. The van der Waals surface area contributed by atoms with Gasteiger partial charge in [0, 0.05) is 70.7 Å². The van der Waals surface area contributed by atoms with Crippen LogP contribution in [-0.4, -0.2) is 28.0 Å². The summed E-state index contributed by atoms with van der Waals surface area (Å²) in [6.07, 6.45) is 2.53. The standard InChI is InChI=1S/C11H13N6O2S.Y/c20-19-18-15-7-6-12-10-13-8-14-11(17-10)16-9-4-2-1-3-5-9;/h1-5,15,20H,6-7H2,(H2,12,13,14,16,17);/q-1;. The molecule has 0 saturated carbocycles. The first-order valence-corrected chi connectivity index (χ1v) is 6.13. The molecule has 0 aliphatic rings. The molecule has 1 radical (unpaired) electrons. The van der Waals surface area contributed by atoms with Crippen molar-refractivity contribution in [3.05, 3.63) is 36.7 Å². The van der Waals surface area contributed by atoms with Crippen molar-refractivity contribution in [1.82, 2.24) is 20.4 Å². The predicted octanol–water partition coefficient (Wildman–Crippen LogP) is 1.12. The summed E-state index contributed by atoms with van der Waals surface area (Å²) in [5.41, 5.74) is 3.39. The van der Waals surface area contributed by atoms with Crippen molar-refractivity contribution in [3.8, 4) is 0 Å². The van der Waals surface area contributed by atoms with Crippen LogP contribution in [0.5, 0.6) is 0 Å². The summed E-state index contributed by atoms with van der Waals surface area (Å²) in [5, 5.41) is 6.02. The number of anilines is 3. The van der Waals surface area contributed by atoms with Gasteiger partial charge in [-0.25, -0.2) is 0 Å². The number of nitrogens with one attached hydrogen (secondary N) is 3. The van der Waals surface area contributed by atoms with Gasteiger partial charge in [-0.2, -0.15) is 5.48 Å². The van der Waals surface area contributed by atoms with Gasteiger partial charge in [-0.05, 0) is 12.1 Å². The fraction of sp³-hybridized carbons (Fsp3) is 0.182. The van der Waals surface area contributed by atoms with Gasteiger partial charge in [-0.1, -0.05) is 18.2 Å². The third-order valence-electron chi connectivity index (χ3n) is 2.16. The summed E-state index contributed by atoms with van der Waals surface area (Å²) in [5.74, 6) is 0.823. The van der Waals surface area contributed by atoms with E-state index in [0.29, 0.717) is 25.0 Å². The van der Waals surface area contributed by atoms with Gasteiger partial charge in [-0.15, -0.1) is 9.32 Å². The Morgan fingerprint density at radius 3 is 2.62 bits per heavy atom. The van der Waals surface area contributed by atoms with E-state index in [-0.39, 0.29) is 32.7 Å². The first-order valence-electron chi connectivity index (χ1n) is 5.76. The van der Waals surface area contributed by atoms with Crippen molar-refractivity contribution < 1.29 is 42.0 Å². The maximum absolute atomic E-state index is 4.38. The van der Waals surface area contributed by atoms with Gasteiger partial charge in [0.2, 0.25) is 0 Å². The molecule has 0 aliphatic heterocycles. The molecule has 2 aromatic rings. The number of rotatable bonds is 8. The first-order chi connectivity index (χ1) is 9.88. The Balaban J connectivity index is 0.00000220. The Labute approximate surface area is 152 Å². The number of nitrogens with zero attached hydrogens (tertiary/aromatic N) is 3. The van der Waals surface area contributed by atoms with Crippen LogP contribution in [0, 0.1) is 6.33 Å². The second kappa shape index (κ2) is 10.8. The molecule has 0 bridgehead atoms. The molecule has 21 heavy (non-hydrogen) atoms. The fourth-order valence-corrected chi connectivity index (χ4v) is 1.40. The largest absolute Gasteiger partial charge is 0.405 e. The van der Waals surface area contributed by atoms with Crippen molar-refractivity contribution in [2.75, 3.05) is 23.7 Å². The number of thiol groups is 1. The Kier molecular flexibility index (Phi) is 9.39. The van der Waals surface area contributed by atoms with E-state index in [4.69, 9.17) is 0 Å². The van der Waals surface area contributed by atoms with Crippen LogP contribution >= 0.6 is 12.9 Å². The van der Waals surface area contributed by atoms with E-state index in [1.165, 1.54) is 0 Å². The fourth-order valence-electron chi connectivity index (χ4n) is 1.35. The smallest absolute Gasteiger partial charge is 0.115 e. The molecule has 1 aromatic carbocycles. The van der Waals surface area contributed by atoms with Crippen molar-refractivity contribution in [2.45, 2.75) is 0 Å². The molecule has 1 heterocycles. The van der Waals surface area contributed by atoms with Gasteiger partial charge in [0.05, 0.1) is 0 Å². The first kappa shape index (κ1) is 18.2. The van der Waals surface area contributed by atoms with Crippen LogP contribution in [-0.2, 0) is 42.0 Å². The molecule has 0 amide bonds. The Hall–Kier alpha value is -0.836. The molecule has 10 heteroatoms. The summed E-state index contributed by atoms with van der Waals surface area (Å²) < 4.78 is 4.08. The molecule has 1 aromatic heterocycles. The average Bonchev–Trinajstić information content (AvgIpc) is 2.48. The molecule has 0 spiro atoms. The molecule has 8 nitrogen and oxygen atoms in total. The SMILES string of the molecule is SOONCCNc1n[c-]nc(Nc2ccccc2)n1.[Y].